The highest BCUT2D eigenvalue weighted by Crippen LogP contribution is 2.43. The van der Waals surface area contributed by atoms with Gasteiger partial charge in [-0.25, -0.2) is 9.37 Å². The number of nitrogens with zero attached hydrogens (tertiary/aromatic N) is 4. The Bertz CT molecular complexity index is 994. The zero-order valence-corrected chi connectivity index (χ0v) is 15.3. The average molecular weight is 381 g/mol. The Hall–Kier alpha value is -3.00. The third-order valence-electron chi connectivity index (χ3n) is 5.77. The number of phenolic OH excluding ortho intramolecular Hbond substituents is 1. The molecule has 8 heteroatoms. The van der Waals surface area contributed by atoms with Crippen LogP contribution in [0.2, 0.25) is 0 Å². The lowest BCUT2D eigenvalue weighted by Gasteiger charge is -2.32. The number of imidazole rings is 1. The molecule has 4 atom stereocenters. The van der Waals surface area contributed by atoms with E-state index in [1.807, 2.05) is 13.0 Å². The number of aromatic hydroxyl groups is 1. The molecule has 0 spiro atoms. The van der Waals surface area contributed by atoms with Crippen LogP contribution in [0.5, 0.6) is 11.6 Å². The molecule has 2 N–H and O–H groups in total. The fraction of sp³-hybridized carbons (Fsp3) is 0.350. The molecule has 5 rings (SSSR count). The van der Waals surface area contributed by atoms with Gasteiger partial charge >= 0.3 is 0 Å². The van der Waals surface area contributed by atoms with Crippen molar-refractivity contribution in [1.82, 2.24) is 25.1 Å². The van der Waals surface area contributed by atoms with Gasteiger partial charge in [0, 0.05) is 42.6 Å². The van der Waals surface area contributed by atoms with Gasteiger partial charge < -0.3 is 19.7 Å². The van der Waals surface area contributed by atoms with E-state index >= 15 is 0 Å². The van der Waals surface area contributed by atoms with Crippen LogP contribution >= 0.6 is 0 Å². The zero-order valence-electron chi connectivity index (χ0n) is 15.3. The highest BCUT2D eigenvalue weighted by molar-refractivity contribution is 5.68. The first kappa shape index (κ1) is 17.1. The van der Waals surface area contributed by atoms with Gasteiger partial charge in [-0.1, -0.05) is 0 Å². The zero-order chi connectivity index (χ0) is 19.3. The van der Waals surface area contributed by atoms with Gasteiger partial charge in [-0.2, -0.15) is 0 Å². The van der Waals surface area contributed by atoms with Crippen LogP contribution in [0.3, 0.4) is 0 Å². The summed E-state index contributed by atoms with van der Waals surface area (Å²) in [6.45, 7) is 2.65. The highest BCUT2D eigenvalue weighted by atomic mass is 19.1. The van der Waals surface area contributed by atoms with Crippen molar-refractivity contribution >= 4 is 0 Å². The molecule has 7 nitrogen and oxygen atoms in total. The number of alkyl halides is 1. The fourth-order valence-corrected chi connectivity index (χ4v) is 4.23. The number of hydrogen-bond donors (Lipinski definition) is 2. The molecule has 28 heavy (non-hydrogen) atoms. The molecule has 2 fully saturated rings. The molecule has 1 saturated carbocycles. The minimum Gasteiger partial charge on any atom is -0.507 e. The topological polar surface area (TPSA) is 85.1 Å². The Labute approximate surface area is 161 Å². The summed E-state index contributed by atoms with van der Waals surface area (Å²) in [5.41, 5.74) is 1.35. The largest absolute Gasteiger partial charge is 0.507 e. The number of benzene rings is 1. The van der Waals surface area contributed by atoms with Crippen LogP contribution in [0, 0.1) is 5.92 Å². The number of aromatic nitrogens is 4. The van der Waals surface area contributed by atoms with Crippen LogP contribution in [0.1, 0.15) is 13.3 Å². The van der Waals surface area contributed by atoms with Crippen LogP contribution in [0.4, 0.5) is 4.39 Å². The second-order valence-electron chi connectivity index (χ2n) is 7.68. The SMILES string of the molecule is C[C@]12C[C@H](CN1)[C@@H](Oc1ccc(-c3ccc(-n4ccnc4)cc3O)nn1)[C@@H]2F. The molecule has 0 unspecified atom stereocenters. The fourth-order valence-electron chi connectivity index (χ4n) is 4.23. The lowest BCUT2D eigenvalue weighted by atomic mass is 9.99. The van der Waals surface area contributed by atoms with E-state index in [4.69, 9.17) is 4.74 Å². The van der Waals surface area contributed by atoms with Gasteiger partial charge in [0.15, 0.2) is 6.17 Å². The quantitative estimate of drug-likeness (QED) is 0.722. The predicted octanol–water partition coefficient (Wildman–Crippen LogP) is 2.50. The lowest BCUT2D eigenvalue weighted by molar-refractivity contribution is 0.0407. The van der Waals surface area contributed by atoms with Crippen molar-refractivity contribution in [3.8, 4) is 28.6 Å². The van der Waals surface area contributed by atoms with Gasteiger partial charge in [-0.15, -0.1) is 10.2 Å². The maximum Gasteiger partial charge on any atom is 0.233 e. The normalized spacial score (nSPS) is 28.6. The molecule has 144 valence electrons. The Kier molecular flexibility index (Phi) is 3.83. The van der Waals surface area contributed by atoms with Crippen molar-refractivity contribution < 1.29 is 14.2 Å². The molecular weight excluding hydrogens is 361 g/mol. The maximum absolute atomic E-state index is 14.6. The van der Waals surface area contributed by atoms with Gasteiger partial charge in [0.25, 0.3) is 0 Å². The van der Waals surface area contributed by atoms with Crippen molar-refractivity contribution in [2.24, 2.45) is 5.92 Å². The van der Waals surface area contributed by atoms with E-state index in [1.54, 1.807) is 47.6 Å². The van der Waals surface area contributed by atoms with E-state index in [0.29, 0.717) is 17.1 Å². The second-order valence-corrected chi connectivity index (χ2v) is 7.68. The molecule has 1 aliphatic heterocycles. The first-order valence-electron chi connectivity index (χ1n) is 9.25. The van der Waals surface area contributed by atoms with Crippen molar-refractivity contribution in [1.29, 1.82) is 0 Å². The van der Waals surface area contributed by atoms with E-state index in [-0.39, 0.29) is 11.7 Å². The molecule has 3 aromatic rings. The van der Waals surface area contributed by atoms with Crippen LogP contribution < -0.4 is 10.1 Å². The van der Waals surface area contributed by atoms with Crippen molar-refractivity contribution in [3.05, 3.63) is 49.1 Å². The smallest absolute Gasteiger partial charge is 0.233 e. The summed E-state index contributed by atoms with van der Waals surface area (Å²) in [6, 6.07) is 8.66. The molecule has 2 bridgehead atoms. The number of rotatable bonds is 4. The number of piperidine rings is 1. The summed E-state index contributed by atoms with van der Waals surface area (Å²) < 4.78 is 22.2. The average Bonchev–Trinajstić information content (AvgIpc) is 3.41. The molecule has 0 amide bonds. The standard InChI is InChI=1S/C20H20FN5O2/c1-20-9-12(10-23-20)18(19(20)21)28-17-5-4-15(24-25-17)14-3-2-13(8-16(14)27)26-7-6-22-11-26/h2-8,11-12,18-19,23,27H,9-10H2,1H3/t12-,18-,19+,20-/m1/s1. The van der Waals surface area contributed by atoms with Gasteiger partial charge in [0.2, 0.25) is 5.88 Å². The third-order valence-corrected chi connectivity index (χ3v) is 5.77. The van der Waals surface area contributed by atoms with E-state index in [0.717, 1.165) is 18.7 Å². The molecule has 2 aliphatic rings. The Morgan fingerprint density at radius 3 is 2.82 bits per heavy atom. The molecule has 3 heterocycles. The molecule has 1 saturated heterocycles. The number of fused-ring (bicyclic) bond motifs is 2. The monoisotopic (exact) mass is 381 g/mol. The van der Waals surface area contributed by atoms with Gasteiger partial charge in [0.1, 0.15) is 11.9 Å². The van der Waals surface area contributed by atoms with Crippen LogP contribution in [-0.4, -0.2) is 49.2 Å². The van der Waals surface area contributed by atoms with E-state index in [2.05, 4.69) is 20.5 Å². The summed E-state index contributed by atoms with van der Waals surface area (Å²) in [7, 11) is 0. The highest BCUT2D eigenvalue weighted by Gasteiger charge is 2.57. The van der Waals surface area contributed by atoms with Gasteiger partial charge in [-0.05, 0) is 31.5 Å². The third kappa shape index (κ3) is 2.72. The molecule has 0 radical (unpaired) electrons. The first-order valence-corrected chi connectivity index (χ1v) is 9.25. The van der Waals surface area contributed by atoms with E-state index < -0.39 is 17.8 Å². The molecule has 1 aromatic carbocycles. The number of nitrogens with one attached hydrogen (secondary N) is 1. The van der Waals surface area contributed by atoms with Crippen LogP contribution in [0.25, 0.3) is 16.9 Å². The van der Waals surface area contributed by atoms with Gasteiger partial charge in [-0.3, -0.25) is 0 Å². The lowest BCUT2D eigenvalue weighted by Crippen LogP contribution is -2.53. The first-order chi connectivity index (χ1) is 13.5. The van der Waals surface area contributed by atoms with Crippen LogP contribution in [-0.2, 0) is 0 Å². The summed E-state index contributed by atoms with van der Waals surface area (Å²) in [6.07, 6.45) is 4.31. The van der Waals surface area contributed by atoms with Crippen LogP contribution in [0.15, 0.2) is 49.1 Å². The van der Waals surface area contributed by atoms with Crippen molar-refractivity contribution in [2.75, 3.05) is 6.54 Å². The summed E-state index contributed by atoms with van der Waals surface area (Å²) in [5.74, 6) is 0.522. The maximum atomic E-state index is 14.6. The number of phenols is 1. The minimum atomic E-state index is -1.08. The van der Waals surface area contributed by atoms with Crippen molar-refractivity contribution in [2.45, 2.75) is 31.2 Å². The predicted molar refractivity (Wildman–Crippen MR) is 100 cm³/mol. The van der Waals surface area contributed by atoms with E-state index in [9.17, 15) is 9.50 Å². The Morgan fingerprint density at radius 2 is 2.18 bits per heavy atom. The summed E-state index contributed by atoms with van der Waals surface area (Å²) in [4.78, 5) is 4.00. The molecule has 1 aliphatic carbocycles. The molecular formula is C20H20FN5O2. The Morgan fingerprint density at radius 1 is 1.29 bits per heavy atom. The summed E-state index contributed by atoms with van der Waals surface area (Å²) in [5, 5.41) is 21.9. The molecule has 2 aromatic heterocycles. The number of hydrogen-bond acceptors (Lipinski definition) is 6. The number of halogens is 1. The van der Waals surface area contributed by atoms with Crippen molar-refractivity contribution in [3.63, 3.8) is 0 Å². The second kappa shape index (κ2) is 6.27. The number of ether oxygens (including phenoxy) is 1. The summed E-state index contributed by atoms with van der Waals surface area (Å²) >= 11 is 0. The Balaban J connectivity index is 1.34. The van der Waals surface area contributed by atoms with Gasteiger partial charge in [0.05, 0.1) is 23.2 Å². The van der Waals surface area contributed by atoms with E-state index in [1.165, 1.54) is 0 Å². The minimum absolute atomic E-state index is 0.0880.